The van der Waals surface area contributed by atoms with Crippen LogP contribution >= 0.6 is 35.0 Å². The number of hydrogen-bond donors (Lipinski definition) is 1. The number of thioether (sulfide) groups is 1. The average molecular weight is 474 g/mol. The summed E-state index contributed by atoms with van der Waals surface area (Å²) in [5, 5.41) is 12.1. The second-order valence-electron chi connectivity index (χ2n) is 6.59. The number of carbonyl (C=O) groups excluding carboxylic acids is 1. The summed E-state index contributed by atoms with van der Waals surface area (Å²) in [6.45, 7) is 2.31. The van der Waals surface area contributed by atoms with Crippen LogP contribution in [0.1, 0.15) is 12.5 Å². The average Bonchev–Trinajstić information content (AvgIpc) is 3.41. The first-order chi connectivity index (χ1) is 15.0. The van der Waals surface area contributed by atoms with E-state index in [9.17, 15) is 4.79 Å². The Hall–Kier alpha value is -2.81. The number of carbonyl (C=O) groups is 1. The molecule has 7 nitrogen and oxygen atoms in total. The molecule has 158 valence electrons. The van der Waals surface area contributed by atoms with Gasteiger partial charge < -0.3 is 9.73 Å². The van der Waals surface area contributed by atoms with Gasteiger partial charge in [0, 0.05) is 6.20 Å². The first-order valence-corrected chi connectivity index (χ1v) is 10.9. The lowest BCUT2D eigenvalue weighted by atomic mass is 10.2. The number of halogens is 2. The van der Waals surface area contributed by atoms with Gasteiger partial charge in [-0.3, -0.25) is 9.36 Å². The van der Waals surface area contributed by atoms with E-state index in [1.54, 1.807) is 19.3 Å². The third kappa shape index (κ3) is 5.10. The van der Waals surface area contributed by atoms with Gasteiger partial charge >= 0.3 is 0 Å². The molecule has 0 aliphatic heterocycles. The van der Waals surface area contributed by atoms with Crippen molar-refractivity contribution < 1.29 is 9.21 Å². The van der Waals surface area contributed by atoms with E-state index in [0.29, 0.717) is 28.3 Å². The molecule has 0 saturated carbocycles. The van der Waals surface area contributed by atoms with E-state index < -0.39 is 5.25 Å². The Labute approximate surface area is 192 Å². The van der Waals surface area contributed by atoms with Crippen LogP contribution in [0.5, 0.6) is 0 Å². The fraction of sp³-hybridized carbons (Fsp3) is 0.143. The molecule has 0 saturated heterocycles. The molecule has 0 unspecified atom stereocenters. The predicted octanol–water partition coefficient (Wildman–Crippen LogP) is 5.41. The quantitative estimate of drug-likeness (QED) is 0.361. The van der Waals surface area contributed by atoms with Gasteiger partial charge in [0.2, 0.25) is 11.7 Å². The zero-order chi connectivity index (χ0) is 21.8. The number of anilines is 1. The van der Waals surface area contributed by atoms with Gasteiger partial charge in [-0.2, -0.15) is 0 Å². The molecule has 0 radical (unpaired) electrons. The van der Waals surface area contributed by atoms with E-state index in [0.717, 1.165) is 5.56 Å². The van der Waals surface area contributed by atoms with Gasteiger partial charge in [0.25, 0.3) is 0 Å². The first kappa shape index (κ1) is 21.4. The summed E-state index contributed by atoms with van der Waals surface area (Å²) in [6.07, 6.45) is 3.01. The smallest absolute Gasteiger partial charge is 0.238 e. The number of nitrogens with zero attached hydrogens (tertiary/aromatic N) is 4. The molecule has 4 rings (SSSR count). The van der Waals surface area contributed by atoms with Crippen LogP contribution in [0.15, 0.2) is 70.6 Å². The number of aromatic nitrogens is 4. The van der Waals surface area contributed by atoms with Gasteiger partial charge in [0.15, 0.2) is 16.7 Å². The molecule has 1 amide bonds. The van der Waals surface area contributed by atoms with Crippen molar-refractivity contribution in [2.75, 3.05) is 5.32 Å². The molecule has 0 bridgehead atoms. The molecule has 10 heteroatoms. The fourth-order valence-electron chi connectivity index (χ4n) is 2.81. The highest BCUT2D eigenvalue weighted by atomic mass is 35.5. The molecular weight excluding hydrogens is 457 g/mol. The minimum atomic E-state index is -0.489. The summed E-state index contributed by atoms with van der Waals surface area (Å²) in [5.41, 5.74) is 1.08. The Morgan fingerprint density at radius 3 is 2.71 bits per heavy atom. The minimum Gasteiger partial charge on any atom is -0.461 e. The Kier molecular flexibility index (Phi) is 6.60. The maximum atomic E-state index is 12.7. The van der Waals surface area contributed by atoms with E-state index in [4.69, 9.17) is 27.6 Å². The summed E-state index contributed by atoms with van der Waals surface area (Å²) in [6, 6.07) is 15.1. The van der Waals surface area contributed by atoms with Crippen LogP contribution in [0.25, 0.3) is 11.6 Å². The maximum absolute atomic E-state index is 12.7. The minimum absolute atomic E-state index is 0.255. The van der Waals surface area contributed by atoms with Gasteiger partial charge in [-0.25, -0.2) is 4.98 Å². The van der Waals surface area contributed by atoms with Crippen LogP contribution in [-0.2, 0) is 11.3 Å². The summed E-state index contributed by atoms with van der Waals surface area (Å²) in [4.78, 5) is 16.8. The van der Waals surface area contributed by atoms with E-state index in [1.807, 2.05) is 41.0 Å². The first-order valence-electron chi connectivity index (χ1n) is 9.31. The second-order valence-corrected chi connectivity index (χ2v) is 8.74. The third-order valence-corrected chi connectivity index (χ3v) is 5.92. The van der Waals surface area contributed by atoms with Crippen LogP contribution in [-0.4, -0.2) is 30.9 Å². The number of hydrogen-bond acceptors (Lipinski definition) is 6. The molecule has 1 atom stereocenters. The van der Waals surface area contributed by atoms with Gasteiger partial charge in [0.05, 0.1) is 28.1 Å². The molecular formula is C21H17Cl2N5O2S. The summed E-state index contributed by atoms with van der Waals surface area (Å²) in [7, 11) is 0. The zero-order valence-electron chi connectivity index (χ0n) is 16.3. The van der Waals surface area contributed by atoms with E-state index >= 15 is 0 Å². The largest absolute Gasteiger partial charge is 0.461 e. The number of furan rings is 1. The van der Waals surface area contributed by atoms with Crippen LogP contribution in [0.3, 0.4) is 0 Å². The maximum Gasteiger partial charge on any atom is 0.238 e. The van der Waals surface area contributed by atoms with Crippen LogP contribution in [0.4, 0.5) is 5.82 Å². The van der Waals surface area contributed by atoms with Crippen LogP contribution < -0.4 is 5.32 Å². The number of benzene rings is 1. The van der Waals surface area contributed by atoms with E-state index in [-0.39, 0.29) is 16.7 Å². The van der Waals surface area contributed by atoms with Crippen LogP contribution in [0.2, 0.25) is 10.0 Å². The van der Waals surface area contributed by atoms with Gasteiger partial charge in [-0.15, -0.1) is 10.2 Å². The second kappa shape index (κ2) is 9.55. The number of pyridine rings is 1. The zero-order valence-corrected chi connectivity index (χ0v) is 18.7. The molecule has 0 aliphatic rings. The van der Waals surface area contributed by atoms with Crippen molar-refractivity contribution in [1.82, 2.24) is 19.7 Å². The summed E-state index contributed by atoms with van der Waals surface area (Å²) in [5.74, 6) is 1.18. The topological polar surface area (TPSA) is 85.8 Å². The van der Waals surface area contributed by atoms with Crippen molar-refractivity contribution in [3.63, 3.8) is 0 Å². The van der Waals surface area contributed by atoms with Crippen molar-refractivity contribution in [2.24, 2.45) is 0 Å². The Morgan fingerprint density at radius 1 is 1.19 bits per heavy atom. The highest BCUT2D eigenvalue weighted by Gasteiger charge is 2.23. The number of nitrogens with one attached hydrogen (secondary N) is 1. The predicted molar refractivity (Wildman–Crippen MR) is 121 cm³/mol. The van der Waals surface area contributed by atoms with Crippen molar-refractivity contribution in [3.8, 4) is 11.6 Å². The highest BCUT2D eigenvalue weighted by Crippen LogP contribution is 2.29. The van der Waals surface area contributed by atoms with E-state index in [2.05, 4.69) is 20.5 Å². The monoisotopic (exact) mass is 473 g/mol. The molecule has 4 aromatic rings. The van der Waals surface area contributed by atoms with Crippen LogP contribution in [0, 0.1) is 0 Å². The van der Waals surface area contributed by atoms with E-state index in [1.165, 1.54) is 24.0 Å². The van der Waals surface area contributed by atoms with Gasteiger partial charge in [-0.05, 0) is 30.7 Å². The Morgan fingerprint density at radius 2 is 2.00 bits per heavy atom. The normalized spacial score (nSPS) is 12.0. The summed E-state index contributed by atoms with van der Waals surface area (Å²) < 4.78 is 7.45. The number of amides is 1. The molecule has 1 aromatic carbocycles. The van der Waals surface area contributed by atoms with Gasteiger partial charge in [0.1, 0.15) is 0 Å². The molecule has 0 spiro atoms. The highest BCUT2D eigenvalue weighted by molar-refractivity contribution is 8.00. The van der Waals surface area contributed by atoms with Crippen molar-refractivity contribution in [3.05, 3.63) is 76.6 Å². The fourth-order valence-corrected chi connectivity index (χ4v) is 4.08. The lowest BCUT2D eigenvalue weighted by Gasteiger charge is -2.14. The van der Waals surface area contributed by atoms with Crippen molar-refractivity contribution >= 4 is 46.7 Å². The Bertz CT molecular complexity index is 1180. The van der Waals surface area contributed by atoms with Crippen molar-refractivity contribution in [2.45, 2.75) is 23.9 Å². The molecule has 0 aliphatic carbocycles. The van der Waals surface area contributed by atoms with Crippen molar-refractivity contribution in [1.29, 1.82) is 0 Å². The lowest BCUT2D eigenvalue weighted by Crippen LogP contribution is -2.23. The molecule has 1 N–H and O–H groups in total. The molecule has 0 fully saturated rings. The number of rotatable bonds is 7. The Balaban J connectivity index is 1.56. The summed E-state index contributed by atoms with van der Waals surface area (Å²) >= 11 is 13.3. The third-order valence-electron chi connectivity index (χ3n) is 4.34. The molecule has 3 aromatic heterocycles. The molecule has 31 heavy (non-hydrogen) atoms. The lowest BCUT2D eigenvalue weighted by molar-refractivity contribution is -0.115. The SMILES string of the molecule is C[C@H](Sc1nnc(-c2ccco2)n1Cc1ccccc1)C(=O)Nc1ncc(Cl)cc1Cl. The molecule has 3 heterocycles. The van der Waals surface area contributed by atoms with Gasteiger partial charge in [-0.1, -0.05) is 65.3 Å². The standard InChI is InChI=1S/C21H17Cl2N5O2S/c1-13(20(29)25-18-16(23)10-15(22)11-24-18)31-21-27-26-19(17-8-5-9-30-17)28(21)12-14-6-3-2-4-7-14/h2-11,13H,12H2,1H3,(H,24,25,29)/t13-/m0/s1.